The maximum atomic E-state index is 4.06. The Balaban J connectivity index is 2.06. The number of aryl methyl sites for hydroxylation is 2. The Hall–Kier alpha value is -2.17. The molecule has 2 rings (SSSR count). The van der Waals surface area contributed by atoms with Crippen LogP contribution in [-0.2, 0) is 20.6 Å². The Morgan fingerprint density at radius 1 is 1.00 bits per heavy atom. The number of rotatable bonds is 3. The standard InChI is InChI=1S/C12H15N5/c1-16-8-9-17(2)12(16)14-15-13-10-11-6-4-3-5-7-11/h3-9H,10H2,1-2H3. The van der Waals surface area contributed by atoms with Crippen molar-refractivity contribution in [1.29, 1.82) is 0 Å². The van der Waals surface area contributed by atoms with Gasteiger partial charge in [-0.2, -0.15) is 5.11 Å². The zero-order chi connectivity index (χ0) is 12.1. The minimum atomic E-state index is 0.554. The molecular formula is C12H15N5. The highest BCUT2D eigenvalue weighted by Gasteiger charge is 1.91. The van der Waals surface area contributed by atoms with E-state index in [0.717, 1.165) is 11.2 Å². The molecular weight excluding hydrogens is 214 g/mol. The zero-order valence-corrected chi connectivity index (χ0v) is 9.98. The molecule has 17 heavy (non-hydrogen) atoms. The number of hydrogen-bond acceptors (Lipinski definition) is 2. The molecule has 1 aromatic heterocycles. The topological polar surface area (TPSA) is 46.9 Å². The second-order valence-corrected chi connectivity index (χ2v) is 3.79. The van der Waals surface area contributed by atoms with E-state index < -0.39 is 0 Å². The third kappa shape index (κ3) is 2.90. The third-order valence-corrected chi connectivity index (χ3v) is 2.44. The quantitative estimate of drug-likeness (QED) is 0.569. The minimum Gasteiger partial charge on any atom is -0.319 e. The second-order valence-electron chi connectivity index (χ2n) is 3.79. The van der Waals surface area contributed by atoms with Crippen LogP contribution in [0.15, 0.2) is 58.2 Å². The van der Waals surface area contributed by atoms with E-state index in [1.54, 1.807) is 0 Å². The van der Waals surface area contributed by atoms with Crippen molar-refractivity contribution >= 4 is 0 Å². The SMILES string of the molecule is Cn1ccn(C)c1=NN=NCc1ccccc1. The lowest BCUT2D eigenvalue weighted by atomic mass is 10.2. The molecule has 0 unspecified atom stereocenters. The van der Waals surface area contributed by atoms with E-state index in [0.29, 0.717) is 6.54 Å². The van der Waals surface area contributed by atoms with Crippen LogP contribution in [0.1, 0.15) is 5.56 Å². The third-order valence-electron chi connectivity index (χ3n) is 2.44. The molecule has 2 aromatic rings. The summed E-state index contributed by atoms with van der Waals surface area (Å²) >= 11 is 0. The molecule has 0 radical (unpaired) electrons. The smallest absolute Gasteiger partial charge is 0.231 e. The van der Waals surface area contributed by atoms with Gasteiger partial charge in [-0.25, -0.2) is 0 Å². The maximum Gasteiger partial charge on any atom is 0.231 e. The van der Waals surface area contributed by atoms with E-state index in [2.05, 4.69) is 15.4 Å². The summed E-state index contributed by atoms with van der Waals surface area (Å²) < 4.78 is 3.78. The molecule has 0 aliphatic carbocycles. The largest absolute Gasteiger partial charge is 0.319 e. The van der Waals surface area contributed by atoms with Gasteiger partial charge >= 0.3 is 0 Å². The summed E-state index contributed by atoms with van der Waals surface area (Å²) in [7, 11) is 3.84. The predicted octanol–water partition coefficient (Wildman–Crippen LogP) is 1.83. The van der Waals surface area contributed by atoms with Crippen molar-refractivity contribution in [3.05, 3.63) is 53.9 Å². The highest BCUT2D eigenvalue weighted by atomic mass is 15.4. The molecule has 0 N–H and O–H groups in total. The number of imidazole rings is 1. The number of hydrogen-bond donors (Lipinski definition) is 0. The van der Waals surface area contributed by atoms with E-state index in [-0.39, 0.29) is 0 Å². The van der Waals surface area contributed by atoms with E-state index in [1.165, 1.54) is 0 Å². The first-order valence-electron chi connectivity index (χ1n) is 5.40. The van der Waals surface area contributed by atoms with Gasteiger partial charge in [-0.1, -0.05) is 35.4 Å². The van der Waals surface area contributed by atoms with E-state index in [4.69, 9.17) is 0 Å². The van der Waals surface area contributed by atoms with Crippen LogP contribution >= 0.6 is 0 Å². The minimum absolute atomic E-state index is 0.554. The van der Waals surface area contributed by atoms with Crippen molar-refractivity contribution in [2.24, 2.45) is 29.5 Å². The molecule has 0 amide bonds. The zero-order valence-electron chi connectivity index (χ0n) is 9.98. The van der Waals surface area contributed by atoms with Crippen LogP contribution in [0, 0.1) is 0 Å². The summed E-state index contributed by atoms with van der Waals surface area (Å²) in [6, 6.07) is 9.98. The van der Waals surface area contributed by atoms with Gasteiger partial charge in [0.25, 0.3) is 0 Å². The monoisotopic (exact) mass is 229 g/mol. The van der Waals surface area contributed by atoms with E-state index in [1.807, 2.05) is 66.0 Å². The van der Waals surface area contributed by atoms with Crippen molar-refractivity contribution in [1.82, 2.24) is 9.13 Å². The molecule has 5 nitrogen and oxygen atoms in total. The molecule has 1 heterocycles. The van der Waals surface area contributed by atoms with Crippen molar-refractivity contribution in [3.63, 3.8) is 0 Å². The predicted molar refractivity (Wildman–Crippen MR) is 64.9 cm³/mol. The van der Waals surface area contributed by atoms with Gasteiger partial charge in [0.2, 0.25) is 5.62 Å². The van der Waals surface area contributed by atoms with Crippen LogP contribution in [0.4, 0.5) is 0 Å². The van der Waals surface area contributed by atoms with Crippen molar-refractivity contribution in [2.45, 2.75) is 6.54 Å². The number of benzene rings is 1. The molecule has 0 aliphatic rings. The molecule has 0 atom stereocenters. The molecule has 0 spiro atoms. The Morgan fingerprint density at radius 2 is 1.65 bits per heavy atom. The van der Waals surface area contributed by atoms with Crippen molar-refractivity contribution in [2.75, 3.05) is 0 Å². The van der Waals surface area contributed by atoms with Crippen LogP contribution in [0.25, 0.3) is 0 Å². The first kappa shape index (κ1) is 11.3. The molecule has 88 valence electrons. The van der Waals surface area contributed by atoms with Gasteiger partial charge in [-0.3, -0.25) is 0 Å². The first-order valence-corrected chi connectivity index (χ1v) is 5.40. The fourth-order valence-electron chi connectivity index (χ4n) is 1.49. The number of nitrogens with zero attached hydrogens (tertiary/aromatic N) is 5. The molecule has 5 heteroatoms. The van der Waals surface area contributed by atoms with Gasteiger partial charge in [0.15, 0.2) is 0 Å². The Kier molecular flexibility index (Phi) is 3.49. The second kappa shape index (κ2) is 5.25. The summed E-state index contributed by atoms with van der Waals surface area (Å²) in [6.45, 7) is 0.554. The molecule has 0 saturated heterocycles. The molecule has 0 saturated carbocycles. The Bertz CT molecular complexity index is 540. The molecule has 0 fully saturated rings. The van der Waals surface area contributed by atoms with Crippen LogP contribution in [-0.4, -0.2) is 9.13 Å². The average molecular weight is 229 g/mol. The van der Waals surface area contributed by atoms with Gasteiger partial charge < -0.3 is 9.13 Å². The first-order chi connectivity index (χ1) is 8.27. The summed E-state index contributed by atoms with van der Waals surface area (Å²) in [5.41, 5.74) is 1.89. The summed E-state index contributed by atoms with van der Waals surface area (Å²) in [6.07, 6.45) is 3.84. The highest BCUT2D eigenvalue weighted by Crippen LogP contribution is 2.00. The van der Waals surface area contributed by atoms with E-state index >= 15 is 0 Å². The highest BCUT2D eigenvalue weighted by molar-refractivity contribution is 5.14. The maximum absolute atomic E-state index is 4.06. The molecule has 1 aromatic carbocycles. The van der Waals surface area contributed by atoms with Crippen molar-refractivity contribution in [3.8, 4) is 0 Å². The van der Waals surface area contributed by atoms with Gasteiger partial charge in [0.1, 0.15) is 0 Å². The van der Waals surface area contributed by atoms with Crippen LogP contribution in [0.5, 0.6) is 0 Å². The van der Waals surface area contributed by atoms with Gasteiger partial charge in [-0.15, -0.1) is 0 Å². The summed E-state index contributed by atoms with van der Waals surface area (Å²) in [5, 5.41) is 11.9. The summed E-state index contributed by atoms with van der Waals surface area (Å²) in [4.78, 5) is 0. The van der Waals surface area contributed by atoms with Crippen LogP contribution in [0.2, 0.25) is 0 Å². The van der Waals surface area contributed by atoms with Gasteiger partial charge in [0, 0.05) is 26.5 Å². The Labute approximate surface area is 99.7 Å². The lowest BCUT2D eigenvalue weighted by Crippen LogP contribution is -2.20. The molecule has 0 aliphatic heterocycles. The normalized spacial score (nSPS) is 10.9. The van der Waals surface area contributed by atoms with Crippen molar-refractivity contribution < 1.29 is 0 Å². The van der Waals surface area contributed by atoms with Gasteiger partial charge in [0.05, 0.1) is 6.54 Å². The van der Waals surface area contributed by atoms with Gasteiger partial charge in [-0.05, 0) is 10.8 Å². The summed E-state index contributed by atoms with van der Waals surface area (Å²) in [5.74, 6) is 0. The molecule has 0 bridgehead atoms. The average Bonchev–Trinajstić information content (AvgIpc) is 2.67. The lowest BCUT2D eigenvalue weighted by Gasteiger charge is -1.92. The van der Waals surface area contributed by atoms with Crippen LogP contribution in [0.3, 0.4) is 0 Å². The van der Waals surface area contributed by atoms with E-state index in [9.17, 15) is 0 Å². The Morgan fingerprint density at radius 3 is 2.29 bits per heavy atom. The van der Waals surface area contributed by atoms with Crippen LogP contribution < -0.4 is 5.62 Å². The fraction of sp³-hybridized carbons (Fsp3) is 0.250. The fourth-order valence-corrected chi connectivity index (χ4v) is 1.49. The lowest BCUT2D eigenvalue weighted by molar-refractivity contribution is 0.709. The number of aromatic nitrogens is 2.